The van der Waals surface area contributed by atoms with E-state index < -0.39 is 37.3 Å². The van der Waals surface area contributed by atoms with Crippen molar-refractivity contribution < 1.29 is 44.5 Å². The Morgan fingerprint density at radius 1 is 1.14 bits per heavy atom. The summed E-state index contributed by atoms with van der Waals surface area (Å²) in [6.45, 7) is 0.815. The molecule has 0 unspecified atom stereocenters. The number of ketones is 1. The Morgan fingerprint density at radius 2 is 1.91 bits per heavy atom. The van der Waals surface area contributed by atoms with E-state index in [2.05, 4.69) is 6.08 Å². The maximum atomic E-state index is 12.8. The number of methoxy groups -OCH3 is 1. The van der Waals surface area contributed by atoms with Gasteiger partial charge in [-0.1, -0.05) is 18.6 Å². The number of carbonyl (C=O) groups excluding carboxylic acids is 1. The quantitative estimate of drug-likeness (QED) is 0.400. The Balaban J connectivity index is 1.71. The number of phenols is 1. The molecule has 0 radical (unpaired) electrons. The van der Waals surface area contributed by atoms with Crippen molar-refractivity contribution in [1.82, 2.24) is 0 Å². The third kappa shape index (κ3) is 3.78. The molecular weight excluding hydrogens is 456 g/mol. The van der Waals surface area contributed by atoms with E-state index in [4.69, 9.17) is 14.2 Å². The average molecular weight is 487 g/mol. The van der Waals surface area contributed by atoms with Crippen molar-refractivity contribution in [2.75, 3.05) is 13.7 Å². The highest BCUT2D eigenvalue weighted by molar-refractivity contribution is 6.11. The molecule has 2 aliphatic carbocycles. The van der Waals surface area contributed by atoms with Crippen LogP contribution in [0.5, 0.6) is 17.2 Å². The van der Waals surface area contributed by atoms with Gasteiger partial charge in [0.2, 0.25) is 6.29 Å². The van der Waals surface area contributed by atoms with Crippen LogP contribution < -0.4 is 9.47 Å². The number of hydrogen-bond donors (Lipinski definition) is 5. The van der Waals surface area contributed by atoms with Gasteiger partial charge in [-0.25, -0.2) is 0 Å². The van der Waals surface area contributed by atoms with Crippen LogP contribution in [0.4, 0.5) is 0 Å². The number of allylic oxidation sites excluding steroid dienone is 1. The van der Waals surface area contributed by atoms with Crippen molar-refractivity contribution in [3.8, 4) is 17.2 Å². The number of carbonyl (C=O) groups is 1. The fourth-order valence-corrected chi connectivity index (χ4v) is 5.80. The van der Waals surface area contributed by atoms with Gasteiger partial charge in [-0.2, -0.15) is 0 Å². The maximum Gasteiger partial charge on any atom is 0.229 e. The molecule has 9 nitrogen and oxygen atoms in total. The molecule has 7 atom stereocenters. The summed E-state index contributed by atoms with van der Waals surface area (Å²) in [6, 6.07) is 3.25. The molecule has 0 amide bonds. The minimum atomic E-state index is -1.64. The lowest BCUT2D eigenvalue weighted by atomic mass is 9.76. The van der Waals surface area contributed by atoms with Gasteiger partial charge in [0.1, 0.15) is 41.7 Å². The highest BCUT2D eigenvalue weighted by atomic mass is 16.7. The zero-order valence-electron chi connectivity index (χ0n) is 19.5. The van der Waals surface area contributed by atoms with Crippen LogP contribution >= 0.6 is 0 Å². The lowest BCUT2D eigenvalue weighted by Crippen LogP contribution is -2.60. The third-order valence-corrected chi connectivity index (χ3v) is 7.53. The smallest absolute Gasteiger partial charge is 0.229 e. The lowest BCUT2D eigenvalue weighted by Gasteiger charge is -2.39. The van der Waals surface area contributed by atoms with Gasteiger partial charge in [-0.15, -0.1) is 0 Å². The van der Waals surface area contributed by atoms with Gasteiger partial charge in [0, 0.05) is 11.5 Å². The normalized spacial score (nSPS) is 31.8. The highest BCUT2D eigenvalue weighted by Crippen LogP contribution is 2.53. The van der Waals surface area contributed by atoms with Crippen molar-refractivity contribution in [1.29, 1.82) is 0 Å². The summed E-state index contributed by atoms with van der Waals surface area (Å²) < 4.78 is 16.9. The molecular formula is C26H30O9. The third-order valence-electron chi connectivity index (χ3n) is 7.53. The molecule has 0 bridgehead atoms. The van der Waals surface area contributed by atoms with Crippen molar-refractivity contribution >= 4 is 22.6 Å². The number of Topliss-reactive ketones (excluding diaryl/α,β-unsaturated/α-hetero) is 1. The van der Waals surface area contributed by atoms with Gasteiger partial charge in [-0.3, -0.25) is 4.79 Å². The summed E-state index contributed by atoms with van der Waals surface area (Å²) in [5, 5.41) is 52.6. The van der Waals surface area contributed by atoms with E-state index in [1.807, 2.05) is 6.08 Å². The molecule has 0 aromatic heterocycles. The minimum Gasteiger partial charge on any atom is -0.506 e. The first-order valence-corrected chi connectivity index (χ1v) is 11.8. The highest BCUT2D eigenvalue weighted by Gasteiger charge is 2.45. The molecule has 2 aromatic carbocycles. The topological polar surface area (TPSA) is 146 Å². The van der Waals surface area contributed by atoms with Crippen LogP contribution in [0.25, 0.3) is 16.8 Å². The van der Waals surface area contributed by atoms with Gasteiger partial charge in [-0.05, 0) is 48.8 Å². The number of aromatic hydroxyl groups is 1. The van der Waals surface area contributed by atoms with Gasteiger partial charge >= 0.3 is 0 Å². The van der Waals surface area contributed by atoms with Crippen molar-refractivity contribution in [3.05, 3.63) is 34.9 Å². The Labute approximate surface area is 202 Å². The van der Waals surface area contributed by atoms with Gasteiger partial charge in [0.05, 0.1) is 24.7 Å². The summed E-state index contributed by atoms with van der Waals surface area (Å²) in [5.41, 5.74) is 1.89. The van der Waals surface area contributed by atoms with Crippen molar-refractivity contribution in [2.45, 2.75) is 62.8 Å². The molecule has 1 saturated carbocycles. The predicted octanol–water partition coefficient (Wildman–Crippen LogP) is 1.85. The average Bonchev–Trinajstić information content (AvgIpc) is 3.33. The molecule has 2 aromatic rings. The van der Waals surface area contributed by atoms with Crippen LogP contribution in [-0.4, -0.2) is 75.7 Å². The molecule has 35 heavy (non-hydrogen) atoms. The number of phenolic OH excluding ortho intramolecular Hbond substituents is 1. The number of aliphatic hydroxyl groups excluding tert-OH is 4. The van der Waals surface area contributed by atoms with E-state index in [1.165, 1.54) is 20.1 Å². The fraction of sp³-hybridized carbons (Fsp3) is 0.500. The molecule has 5 N–H and O–H groups in total. The first-order chi connectivity index (χ1) is 16.8. The van der Waals surface area contributed by atoms with Crippen molar-refractivity contribution in [3.63, 3.8) is 0 Å². The zero-order valence-corrected chi connectivity index (χ0v) is 19.5. The largest absolute Gasteiger partial charge is 0.506 e. The summed E-state index contributed by atoms with van der Waals surface area (Å²) in [4.78, 5) is 12.8. The molecule has 0 spiro atoms. The first kappa shape index (κ1) is 24.0. The summed E-state index contributed by atoms with van der Waals surface area (Å²) >= 11 is 0. The van der Waals surface area contributed by atoms with Crippen LogP contribution in [0.1, 0.15) is 53.6 Å². The van der Waals surface area contributed by atoms with Crippen LogP contribution in [0.3, 0.4) is 0 Å². The number of ether oxygens (including phenoxy) is 3. The molecule has 9 heteroatoms. The van der Waals surface area contributed by atoms with Crippen LogP contribution in [0.15, 0.2) is 18.2 Å². The fourth-order valence-electron chi connectivity index (χ4n) is 5.80. The summed E-state index contributed by atoms with van der Waals surface area (Å²) in [6.07, 6.45) is -0.306. The Bertz CT molecular complexity index is 1190. The predicted molar refractivity (Wildman–Crippen MR) is 126 cm³/mol. The van der Waals surface area contributed by atoms with Crippen LogP contribution in [-0.2, 0) is 4.74 Å². The standard InChI is InChI=1S/C26H30O9/c1-11(28)19-20-14-5-3-4-12(14)6-7-15(20)16-8-13(33-2)9-17(21(16)23(19)30)34-26-25(32)24(31)22(29)18(10-27)35-26/h6-9,12,14,18,22,24-27,29-32H,3-5,10H2,1-2H3/t12-,14+,18+,22+,24-,25+,26+/m0/s1. The van der Waals surface area contributed by atoms with Gasteiger partial charge in [0.25, 0.3) is 0 Å². The molecule has 5 rings (SSSR count). The molecule has 3 aliphatic rings. The molecule has 2 fully saturated rings. The number of fused-ring (bicyclic) bond motifs is 5. The molecule has 188 valence electrons. The van der Waals surface area contributed by atoms with Crippen molar-refractivity contribution in [2.24, 2.45) is 5.92 Å². The number of hydrogen-bond acceptors (Lipinski definition) is 9. The van der Waals surface area contributed by atoms with E-state index >= 15 is 0 Å². The Morgan fingerprint density at radius 3 is 2.60 bits per heavy atom. The van der Waals surface area contributed by atoms with Crippen LogP contribution in [0, 0.1) is 5.92 Å². The number of aliphatic hydroxyl groups is 4. The lowest BCUT2D eigenvalue weighted by molar-refractivity contribution is -0.277. The van der Waals surface area contributed by atoms with E-state index in [9.17, 15) is 30.3 Å². The Kier molecular flexibility index (Phi) is 6.23. The van der Waals surface area contributed by atoms with E-state index in [1.54, 1.807) is 6.07 Å². The minimum absolute atomic E-state index is 0.0634. The maximum absolute atomic E-state index is 12.8. The van der Waals surface area contributed by atoms with Crippen LogP contribution in [0.2, 0.25) is 0 Å². The molecule has 1 saturated heterocycles. The monoisotopic (exact) mass is 486 g/mol. The number of rotatable bonds is 5. The second-order valence-corrected chi connectivity index (χ2v) is 9.53. The zero-order chi connectivity index (χ0) is 25.0. The van der Waals surface area contributed by atoms with Gasteiger partial charge in [0.15, 0.2) is 5.78 Å². The van der Waals surface area contributed by atoms with E-state index in [0.29, 0.717) is 17.1 Å². The molecule has 1 heterocycles. The molecule has 1 aliphatic heterocycles. The second kappa shape index (κ2) is 9.07. The van der Waals surface area contributed by atoms with Gasteiger partial charge < -0.3 is 39.7 Å². The SMILES string of the molecule is COc1cc(O[C@@H]2O[C@H](CO)[C@@H](O)[C@H](O)[C@H]2O)c2c(O)c(C(C)=O)c3c(c2c1)C=C[C@@H]1CCC[C@@H]31. The second-order valence-electron chi connectivity index (χ2n) is 9.53. The first-order valence-electron chi connectivity index (χ1n) is 11.8. The summed E-state index contributed by atoms with van der Waals surface area (Å²) in [5.74, 6) is 0.424. The number of benzene rings is 2. The van der Waals surface area contributed by atoms with E-state index in [-0.39, 0.29) is 34.1 Å². The summed E-state index contributed by atoms with van der Waals surface area (Å²) in [7, 11) is 1.48. The Hall–Kier alpha value is -2.69. The van der Waals surface area contributed by atoms with E-state index in [0.717, 1.165) is 30.4 Å².